The molecule has 4 heteroatoms. The summed E-state index contributed by atoms with van der Waals surface area (Å²) in [7, 11) is 0. The summed E-state index contributed by atoms with van der Waals surface area (Å²) in [6.07, 6.45) is 3.79. The highest BCUT2D eigenvalue weighted by atomic mass is 16.2. The van der Waals surface area contributed by atoms with Gasteiger partial charge in [-0.15, -0.1) is 0 Å². The molecule has 0 spiro atoms. The van der Waals surface area contributed by atoms with Gasteiger partial charge in [0.15, 0.2) is 0 Å². The van der Waals surface area contributed by atoms with E-state index in [1.165, 1.54) is 0 Å². The number of likely N-dealkylation sites (tertiary alicyclic amines) is 1. The maximum absolute atomic E-state index is 12.9. The number of fused-ring (bicyclic) bond motifs is 1. The van der Waals surface area contributed by atoms with Gasteiger partial charge in [-0.05, 0) is 30.5 Å². The van der Waals surface area contributed by atoms with Crippen molar-refractivity contribution in [3.63, 3.8) is 0 Å². The summed E-state index contributed by atoms with van der Waals surface area (Å²) in [5.74, 6) is 0.0946. The molecule has 0 aliphatic carbocycles. The Morgan fingerprint density at radius 1 is 1.04 bits per heavy atom. The molecule has 27 heavy (non-hydrogen) atoms. The van der Waals surface area contributed by atoms with Crippen LogP contribution >= 0.6 is 0 Å². The first-order chi connectivity index (χ1) is 13.2. The van der Waals surface area contributed by atoms with Crippen LogP contribution in [0.4, 0.5) is 0 Å². The second-order valence-corrected chi connectivity index (χ2v) is 7.14. The van der Waals surface area contributed by atoms with E-state index in [0.717, 1.165) is 29.3 Å². The second-order valence-electron chi connectivity index (χ2n) is 7.14. The summed E-state index contributed by atoms with van der Waals surface area (Å²) >= 11 is 0. The molecule has 2 heterocycles. The zero-order valence-electron chi connectivity index (χ0n) is 15.2. The highest BCUT2D eigenvalue weighted by Gasteiger charge is 2.29. The van der Waals surface area contributed by atoms with E-state index in [1.807, 2.05) is 65.6 Å². The summed E-state index contributed by atoms with van der Waals surface area (Å²) < 4.78 is 0. The van der Waals surface area contributed by atoms with Gasteiger partial charge in [0.05, 0.1) is 11.1 Å². The summed E-state index contributed by atoms with van der Waals surface area (Å²) in [5, 5.41) is 0.956. The molecule has 3 aromatic rings. The number of Topliss-reactive ketones (excluding diaryl/α,β-unsaturated/α-hetero) is 1. The van der Waals surface area contributed by atoms with Gasteiger partial charge in [0, 0.05) is 37.0 Å². The van der Waals surface area contributed by atoms with Gasteiger partial charge in [-0.3, -0.25) is 14.6 Å². The van der Waals surface area contributed by atoms with Crippen LogP contribution in [0.1, 0.15) is 28.8 Å². The van der Waals surface area contributed by atoms with E-state index < -0.39 is 0 Å². The number of amides is 1. The van der Waals surface area contributed by atoms with Gasteiger partial charge in [0.25, 0.3) is 5.91 Å². The predicted molar refractivity (Wildman–Crippen MR) is 106 cm³/mol. The minimum Gasteiger partial charge on any atom is -0.338 e. The van der Waals surface area contributed by atoms with E-state index in [4.69, 9.17) is 0 Å². The fourth-order valence-corrected chi connectivity index (χ4v) is 3.74. The highest BCUT2D eigenvalue weighted by Crippen LogP contribution is 2.22. The van der Waals surface area contributed by atoms with Crippen LogP contribution in [-0.4, -0.2) is 34.7 Å². The monoisotopic (exact) mass is 358 g/mol. The molecule has 1 aliphatic rings. The molecule has 0 N–H and O–H groups in total. The van der Waals surface area contributed by atoms with Crippen molar-refractivity contribution < 1.29 is 9.59 Å². The van der Waals surface area contributed by atoms with E-state index >= 15 is 0 Å². The topological polar surface area (TPSA) is 50.3 Å². The molecule has 4 rings (SSSR count). The molecule has 1 aliphatic heterocycles. The summed E-state index contributed by atoms with van der Waals surface area (Å²) in [4.78, 5) is 31.8. The van der Waals surface area contributed by atoms with E-state index in [0.29, 0.717) is 25.1 Å². The first-order valence-electron chi connectivity index (χ1n) is 9.41. The van der Waals surface area contributed by atoms with Gasteiger partial charge < -0.3 is 4.90 Å². The lowest BCUT2D eigenvalue weighted by Crippen LogP contribution is -2.42. The zero-order chi connectivity index (χ0) is 18.6. The van der Waals surface area contributed by atoms with Gasteiger partial charge >= 0.3 is 0 Å². The minimum atomic E-state index is -0.0867. The Labute approximate surface area is 158 Å². The number of nitrogens with zero attached hydrogens (tertiary/aromatic N) is 2. The van der Waals surface area contributed by atoms with E-state index in [9.17, 15) is 9.59 Å². The third kappa shape index (κ3) is 3.90. The molecule has 0 bridgehead atoms. The van der Waals surface area contributed by atoms with E-state index in [1.54, 1.807) is 6.20 Å². The summed E-state index contributed by atoms with van der Waals surface area (Å²) in [6.45, 7) is 1.19. The summed E-state index contributed by atoms with van der Waals surface area (Å²) in [6, 6.07) is 19.5. The van der Waals surface area contributed by atoms with Crippen LogP contribution in [0.25, 0.3) is 10.9 Å². The zero-order valence-corrected chi connectivity index (χ0v) is 15.2. The molecular weight excluding hydrogens is 336 g/mol. The van der Waals surface area contributed by atoms with Crippen LogP contribution in [0, 0.1) is 5.92 Å². The number of carbonyl (C=O) groups is 2. The number of benzene rings is 2. The number of piperidine rings is 1. The van der Waals surface area contributed by atoms with Gasteiger partial charge in [-0.2, -0.15) is 0 Å². The number of rotatable bonds is 4. The number of hydrogen-bond donors (Lipinski definition) is 0. The van der Waals surface area contributed by atoms with Crippen molar-refractivity contribution >= 4 is 22.6 Å². The Morgan fingerprint density at radius 2 is 1.81 bits per heavy atom. The number of ketones is 1. The van der Waals surface area contributed by atoms with Crippen LogP contribution in [-0.2, 0) is 11.2 Å². The number of aromatic nitrogens is 1. The number of para-hydroxylation sites is 1. The predicted octanol–water partition coefficient (Wildman–Crippen LogP) is 3.90. The Bertz CT molecular complexity index is 968. The Kier molecular flexibility index (Phi) is 4.97. The molecular formula is C23H22N2O2. The molecule has 1 amide bonds. The molecule has 0 saturated carbocycles. The largest absolute Gasteiger partial charge is 0.338 e. The highest BCUT2D eigenvalue weighted by molar-refractivity contribution is 5.97. The first kappa shape index (κ1) is 17.4. The average molecular weight is 358 g/mol. The molecule has 4 nitrogen and oxygen atoms in total. The average Bonchev–Trinajstić information content (AvgIpc) is 2.73. The van der Waals surface area contributed by atoms with Crippen molar-refractivity contribution in [2.45, 2.75) is 19.3 Å². The van der Waals surface area contributed by atoms with Crippen molar-refractivity contribution in [1.82, 2.24) is 9.88 Å². The normalized spacial score (nSPS) is 17.0. The standard InChI is InChI=1S/C23H22N2O2/c26-22(13-17-7-2-1-3-8-17)19-10-6-12-25(16-19)23(27)20-14-18-9-4-5-11-21(18)24-15-20/h1-5,7-9,11,14-15,19H,6,10,12-13,16H2. The number of pyridine rings is 1. The van der Waals surface area contributed by atoms with Crippen LogP contribution in [0.5, 0.6) is 0 Å². The number of hydrogen-bond acceptors (Lipinski definition) is 3. The van der Waals surface area contributed by atoms with Crippen LogP contribution in [0.15, 0.2) is 66.9 Å². The van der Waals surface area contributed by atoms with Crippen LogP contribution < -0.4 is 0 Å². The Balaban J connectivity index is 1.46. The minimum absolute atomic E-state index is 0.0366. The molecule has 0 radical (unpaired) electrons. The fourth-order valence-electron chi connectivity index (χ4n) is 3.74. The summed E-state index contributed by atoms with van der Waals surface area (Å²) in [5.41, 5.74) is 2.50. The molecule has 1 saturated heterocycles. The molecule has 2 aromatic carbocycles. The van der Waals surface area contributed by atoms with Gasteiger partial charge in [-0.1, -0.05) is 48.5 Å². The SMILES string of the molecule is O=C(Cc1ccccc1)C1CCCN(C(=O)c2cnc3ccccc3c2)C1. The molecule has 1 atom stereocenters. The van der Waals surface area contributed by atoms with Crippen LogP contribution in [0.3, 0.4) is 0 Å². The Morgan fingerprint density at radius 3 is 2.67 bits per heavy atom. The van der Waals surface area contributed by atoms with E-state index in [2.05, 4.69) is 4.98 Å². The third-order valence-electron chi connectivity index (χ3n) is 5.22. The third-order valence-corrected chi connectivity index (χ3v) is 5.22. The molecule has 1 fully saturated rings. The lowest BCUT2D eigenvalue weighted by atomic mass is 9.90. The van der Waals surface area contributed by atoms with Gasteiger partial charge in [-0.25, -0.2) is 0 Å². The maximum Gasteiger partial charge on any atom is 0.255 e. The lowest BCUT2D eigenvalue weighted by Gasteiger charge is -2.32. The van der Waals surface area contributed by atoms with E-state index in [-0.39, 0.29) is 17.6 Å². The second kappa shape index (κ2) is 7.70. The lowest BCUT2D eigenvalue weighted by molar-refractivity contribution is -0.123. The smallest absolute Gasteiger partial charge is 0.255 e. The van der Waals surface area contributed by atoms with Crippen molar-refractivity contribution in [3.8, 4) is 0 Å². The first-order valence-corrected chi connectivity index (χ1v) is 9.41. The van der Waals surface area contributed by atoms with Crippen molar-refractivity contribution in [2.24, 2.45) is 5.92 Å². The molecule has 1 unspecified atom stereocenters. The van der Waals surface area contributed by atoms with Crippen LogP contribution in [0.2, 0.25) is 0 Å². The molecule has 1 aromatic heterocycles. The Hall–Kier alpha value is -3.01. The van der Waals surface area contributed by atoms with Crippen molar-refractivity contribution in [2.75, 3.05) is 13.1 Å². The maximum atomic E-state index is 12.9. The number of carbonyl (C=O) groups excluding carboxylic acids is 2. The van der Waals surface area contributed by atoms with Gasteiger partial charge in [0.1, 0.15) is 5.78 Å². The van der Waals surface area contributed by atoms with Crippen molar-refractivity contribution in [1.29, 1.82) is 0 Å². The fraction of sp³-hybridized carbons (Fsp3) is 0.261. The molecule has 136 valence electrons. The van der Waals surface area contributed by atoms with Crippen molar-refractivity contribution in [3.05, 3.63) is 78.0 Å². The van der Waals surface area contributed by atoms with Gasteiger partial charge in [0.2, 0.25) is 0 Å². The quantitative estimate of drug-likeness (QED) is 0.711.